The van der Waals surface area contributed by atoms with E-state index in [2.05, 4.69) is 0 Å². The van der Waals surface area contributed by atoms with Gasteiger partial charge in [0, 0.05) is 0 Å². The summed E-state index contributed by atoms with van der Waals surface area (Å²) in [5.74, 6) is 0. The third-order valence-electron chi connectivity index (χ3n) is 1.38. The van der Waals surface area contributed by atoms with Crippen LogP contribution in [0.5, 0.6) is 0 Å². The molecule has 4 nitrogen and oxygen atoms in total. The molecule has 1 N–H and O–H groups in total. The Morgan fingerprint density at radius 1 is 1.90 bits per heavy atom. The number of rotatable bonds is 2. The minimum atomic E-state index is -1.05. The van der Waals surface area contributed by atoms with E-state index in [-0.39, 0.29) is 7.12 Å². The van der Waals surface area contributed by atoms with Crippen LogP contribution in [0.15, 0.2) is 0 Å². The molecule has 0 spiro atoms. The van der Waals surface area contributed by atoms with Crippen LogP contribution in [0.25, 0.3) is 0 Å². The monoisotopic (exact) mass is 144 g/mol. The molecule has 0 bridgehead atoms. The summed E-state index contributed by atoms with van der Waals surface area (Å²) < 4.78 is 9.96. The van der Waals surface area contributed by atoms with Crippen molar-refractivity contribution < 1.29 is 19.2 Å². The molecule has 1 unspecified atom stereocenters. The van der Waals surface area contributed by atoms with Gasteiger partial charge in [-0.1, -0.05) is 0 Å². The molecule has 5 heteroatoms. The molecule has 10 heavy (non-hydrogen) atoms. The zero-order valence-electron chi connectivity index (χ0n) is 5.69. The second-order valence-electron chi connectivity index (χ2n) is 2.20. The number of hydrogen-bond acceptors (Lipinski definition) is 4. The highest BCUT2D eigenvalue weighted by Crippen LogP contribution is 2.09. The van der Waals surface area contributed by atoms with E-state index in [1.165, 1.54) is 0 Å². The summed E-state index contributed by atoms with van der Waals surface area (Å²) in [6.45, 7) is 2.01. The van der Waals surface area contributed by atoms with Crippen molar-refractivity contribution in [2.24, 2.45) is 0 Å². The fraction of sp³-hybridized carbons (Fsp3) is 0.800. The topological polar surface area (TPSA) is 55.8 Å². The molecule has 0 aliphatic carbocycles. The Balaban J connectivity index is 2.36. The Morgan fingerprint density at radius 3 is 3.00 bits per heavy atom. The van der Waals surface area contributed by atoms with Crippen LogP contribution < -0.4 is 0 Å². The van der Waals surface area contributed by atoms with E-state index >= 15 is 0 Å². The maximum atomic E-state index is 10.0. The van der Waals surface area contributed by atoms with Crippen LogP contribution in [-0.2, 0) is 14.1 Å². The number of hydrogen-bond donors (Lipinski definition) is 1. The van der Waals surface area contributed by atoms with E-state index in [1.807, 2.05) is 0 Å². The maximum absolute atomic E-state index is 10.0. The summed E-state index contributed by atoms with van der Waals surface area (Å²) in [4.78, 5) is 10.0. The highest BCUT2D eigenvalue weighted by atomic mass is 16.6. The van der Waals surface area contributed by atoms with Crippen LogP contribution >= 0.6 is 0 Å². The van der Waals surface area contributed by atoms with E-state index in [0.717, 1.165) is 0 Å². The Hall–Kier alpha value is -0.385. The summed E-state index contributed by atoms with van der Waals surface area (Å²) in [5.41, 5.74) is 0. The Kier molecular flexibility index (Phi) is 2.42. The highest BCUT2D eigenvalue weighted by Gasteiger charge is 2.31. The third-order valence-corrected chi connectivity index (χ3v) is 1.38. The van der Waals surface area contributed by atoms with Gasteiger partial charge in [-0.15, -0.1) is 0 Å². The van der Waals surface area contributed by atoms with Crippen molar-refractivity contribution in [1.82, 2.24) is 0 Å². The molecule has 1 fully saturated rings. The van der Waals surface area contributed by atoms with Crippen molar-refractivity contribution in [2.75, 3.05) is 6.61 Å². The Morgan fingerprint density at radius 2 is 2.60 bits per heavy atom. The van der Waals surface area contributed by atoms with Crippen molar-refractivity contribution in [2.45, 2.75) is 19.0 Å². The first kappa shape index (κ1) is 7.72. The Bertz CT molecular complexity index is 129. The minimum Gasteiger partial charge on any atom is -0.409 e. The van der Waals surface area contributed by atoms with Gasteiger partial charge >= 0.3 is 7.12 Å². The molecule has 0 aromatic heterocycles. The molecule has 1 aliphatic heterocycles. The summed E-state index contributed by atoms with van der Waals surface area (Å²) in [5, 5.41) is 8.90. The van der Waals surface area contributed by atoms with Crippen LogP contribution in [0.4, 0.5) is 0 Å². The average molecular weight is 144 g/mol. The predicted octanol–water partition coefficient (Wildman–Crippen LogP) is -0.920. The van der Waals surface area contributed by atoms with Crippen LogP contribution in [0.1, 0.15) is 0 Å². The molecule has 0 saturated carbocycles. The van der Waals surface area contributed by atoms with Crippen LogP contribution in [0.3, 0.4) is 0 Å². The van der Waals surface area contributed by atoms with Crippen molar-refractivity contribution in [3.05, 3.63) is 0 Å². The molecule has 0 aromatic rings. The fourth-order valence-electron chi connectivity index (χ4n) is 0.822. The fourth-order valence-corrected chi connectivity index (χ4v) is 0.822. The summed E-state index contributed by atoms with van der Waals surface area (Å²) in [6.07, 6.45) is -1.08. The second kappa shape index (κ2) is 3.14. The van der Waals surface area contributed by atoms with Gasteiger partial charge in [-0.3, -0.25) is 0 Å². The molecule has 1 rings (SSSR count). The molecule has 0 radical (unpaired) electrons. The lowest BCUT2D eigenvalue weighted by molar-refractivity contribution is -0.118. The molecule has 1 saturated heterocycles. The van der Waals surface area contributed by atoms with Gasteiger partial charge in [0.15, 0.2) is 6.29 Å². The number of aldehydes is 1. The standard InChI is InChI=1S/C5H9BO4/c1-6-9-3-5(10-6)4(8)2-7/h2,4-5,8H,3H2,1H3/t4-,5?/m0/s1. The molecule has 1 heterocycles. The number of carbonyl (C=O) groups excluding carboxylic acids is 1. The number of aliphatic hydroxyl groups excluding tert-OH is 1. The lowest BCUT2D eigenvalue weighted by atomic mass is 9.97. The summed E-state index contributed by atoms with van der Waals surface area (Å²) in [6, 6.07) is 0. The molecule has 56 valence electrons. The second-order valence-corrected chi connectivity index (χ2v) is 2.20. The maximum Gasteiger partial charge on any atom is 0.453 e. The minimum absolute atomic E-state index is 0.293. The molecule has 2 atom stereocenters. The molecular formula is C5H9BO4. The van der Waals surface area contributed by atoms with Crippen molar-refractivity contribution in [1.29, 1.82) is 0 Å². The SMILES string of the molecule is CB1OCC([C@@H](O)C=O)O1. The van der Waals surface area contributed by atoms with Gasteiger partial charge in [0.1, 0.15) is 6.10 Å². The van der Waals surface area contributed by atoms with E-state index < -0.39 is 12.2 Å². The number of aliphatic hydroxyl groups is 1. The summed E-state index contributed by atoms with van der Waals surface area (Å²) in [7, 11) is -0.306. The third kappa shape index (κ3) is 1.56. The first-order valence-electron chi connectivity index (χ1n) is 3.14. The van der Waals surface area contributed by atoms with Crippen molar-refractivity contribution >= 4 is 13.4 Å². The van der Waals surface area contributed by atoms with Gasteiger partial charge in [-0.2, -0.15) is 0 Å². The highest BCUT2D eigenvalue weighted by molar-refractivity contribution is 6.43. The van der Waals surface area contributed by atoms with Gasteiger partial charge in [0.25, 0.3) is 0 Å². The van der Waals surface area contributed by atoms with Crippen LogP contribution in [-0.4, -0.2) is 37.3 Å². The quantitative estimate of drug-likeness (QED) is 0.402. The molecular weight excluding hydrogens is 135 g/mol. The first-order chi connectivity index (χ1) is 4.74. The zero-order chi connectivity index (χ0) is 7.56. The Labute approximate surface area is 59.3 Å². The molecule has 0 aromatic carbocycles. The van der Waals surface area contributed by atoms with E-state index in [0.29, 0.717) is 12.9 Å². The predicted molar refractivity (Wildman–Crippen MR) is 34.5 cm³/mol. The average Bonchev–Trinajstić information content (AvgIpc) is 2.34. The largest absolute Gasteiger partial charge is 0.453 e. The summed E-state index contributed by atoms with van der Waals surface area (Å²) >= 11 is 0. The normalized spacial score (nSPS) is 28.6. The zero-order valence-corrected chi connectivity index (χ0v) is 5.69. The number of carbonyl (C=O) groups is 1. The van der Waals surface area contributed by atoms with Gasteiger partial charge < -0.3 is 19.2 Å². The lowest BCUT2D eigenvalue weighted by Crippen LogP contribution is -2.29. The van der Waals surface area contributed by atoms with Gasteiger partial charge in [0.05, 0.1) is 12.7 Å². The smallest absolute Gasteiger partial charge is 0.409 e. The lowest BCUT2D eigenvalue weighted by Gasteiger charge is -2.09. The van der Waals surface area contributed by atoms with Crippen LogP contribution in [0, 0.1) is 0 Å². The first-order valence-corrected chi connectivity index (χ1v) is 3.14. The van der Waals surface area contributed by atoms with E-state index in [9.17, 15) is 4.79 Å². The van der Waals surface area contributed by atoms with Crippen molar-refractivity contribution in [3.8, 4) is 0 Å². The van der Waals surface area contributed by atoms with Gasteiger partial charge in [-0.25, -0.2) is 0 Å². The van der Waals surface area contributed by atoms with E-state index in [1.54, 1.807) is 6.82 Å². The molecule has 0 amide bonds. The molecule has 1 aliphatic rings. The van der Waals surface area contributed by atoms with Crippen LogP contribution in [0.2, 0.25) is 6.82 Å². The van der Waals surface area contributed by atoms with Gasteiger partial charge in [-0.05, 0) is 6.82 Å². The van der Waals surface area contributed by atoms with Crippen molar-refractivity contribution in [3.63, 3.8) is 0 Å². The van der Waals surface area contributed by atoms with E-state index in [4.69, 9.17) is 14.4 Å². The van der Waals surface area contributed by atoms with Gasteiger partial charge in [0.2, 0.25) is 0 Å².